The van der Waals surface area contributed by atoms with Crippen molar-refractivity contribution in [3.8, 4) is 0 Å². The van der Waals surface area contributed by atoms with E-state index in [9.17, 15) is 4.39 Å². The second kappa shape index (κ2) is 3.67. The van der Waals surface area contributed by atoms with Crippen molar-refractivity contribution in [1.82, 2.24) is 0 Å². The monoisotopic (exact) mass is 214 g/mol. The van der Waals surface area contributed by atoms with Crippen LogP contribution in [0.15, 0.2) is 29.0 Å². The molecule has 0 amide bonds. The van der Waals surface area contributed by atoms with E-state index in [-0.39, 0.29) is 4.74 Å². The van der Waals surface area contributed by atoms with Crippen molar-refractivity contribution in [3.05, 3.63) is 40.1 Å². The van der Waals surface area contributed by atoms with E-state index in [1.807, 2.05) is 31.2 Å². The van der Waals surface area contributed by atoms with Gasteiger partial charge in [-0.1, -0.05) is 29.8 Å². The molecule has 0 nitrogen and oxygen atoms in total. The van der Waals surface area contributed by atoms with Crippen LogP contribution >= 0.6 is 15.9 Å². The van der Waals surface area contributed by atoms with Crippen molar-refractivity contribution in [2.75, 3.05) is 0 Å². The summed E-state index contributed by atoms with van der Waals surface area (Å²) in [7, 11) is 0. The lowest BCUT2D eigenvalue weighted by Crippen LogP contribution is -1.72. The molecule has 1 rings (SSSR count). The van der Waals surface area contributed by atoms with E-state index in [4.69, 9.17) is 0 Å². The summed E-state index contributed by atoms with van der Waals surface area (Å²) in [5, 5.41) is 0. The van der Waals surface area contributed by atoms with Gasteiger partial charge in [-0.25, -0.2) is 0 Å². The zero-order valence-corrected chi connectivity index (χ0v) is 7.73. The molecule has 0 N–H and O–H groups in total. The number of halogens is 2. The Morgan fingerprint density at radius 2 is 1.91 bits per heavy atom. The Morgan fingerprint density at radius 1 is 1.36 bits per heavy atom. The van der Waals surface area contributed by atoms with Gasteiger partial charge >= 0.3 is 0 Å². The fraction of sp³-hybridized carbons (Fsp3) is 0.111. The van der Waals surface area contributed by atoms with E-state index in [2.05, 4.69) is 15.9 Å². The maximum absolute atomic E-state index is 12.3. The van der Waals surface area contributed by atoms with Gasteiger partial charge in [0.25, 0.3) is 0 Å². The van der Waals surface area contributed by atoms with Crippen molar-refractivity contribution in [2.45, 2.75) is 6.92 Å². The standard InChI is InChI=1S/C9H8BrF/c1-7-2-4-8(5-3-7)6-9(10)11/h2-6H,1H3/b9-6+. The summed E-state index contributed by atoms with van der Waals surface area (Å²) >= 11 is 2.72. The summed E-state index contributed by atoms with van der Waals surface area (Å²) in [4.78, 5) is 0. The van der Waals surface area contributed by atoms with E-state index in [0.29, 0.717) is 0 Å². The van der Waals surface area contributed by atoms with Gasteiger partial charge in [-0.2, -0.15) is 4.39 Å². The molecule has 2 heteroatoms. The van der Waals surface area contributed by atoms with E-state index in [1.165, 1.54) is 11.6 Å². The fourth-order valence-electron chi connectivity index (χ4n) is 0.789. The molecule has 0 atom stereocenters. The highest BCUT2D eigenvalue weighted by Gasteiger charge is 1.89. The number of aryl methyl sites for hydroxylation is 1. The minimum Gasteiger partial charge on any atom is -0.199 e. The Hall–Kier alpha value is -0.630. The molecule has 0 aliphatic heterocycles. The van der Waals surface area contributed by atoms with Gasteiger partial charge in [0.05, 0.1) is 0 Å². The van der Waals surface area contributed by atoms with Crippen LogP contribution in [0, 0.1) is 6.92 Å². The molecule has 0 spiro atoms. The minimum atomic E-state index is -0.346. The maximum Gasteiger partial charge on any atom is 0.166 e. The number of hydrogen-bond donors (Lipinski definition) is 0. The topological polar surface area (TPSA) is 0 Å². The van der Waals surface area contributed by atoms with E-state index < -0.39 is 0 Å². The molecule has 0 aromatic heterocycles. The van der Waals surface area contributed by atoms with Gasteiger partial charge in [0.15, 0.2) is 4.74 Å². The molecule has 11 heavy (non-hydrogen) atoms. The molecule has 1 aromatic rings. The largest absolute Gasteiger partial charge is 0.199 e. The van der Waals surface area contributed by atoms with E-state index >= 15 is 0 Å². The predicted octanol–water partition coefficient (Wildman–Crippen LogP) is 3.66. The van der Waals surface area contributed by atoms with Gasteiger partial charge in [-0.15, -0.1) is 0 Å². The lowest BCUT2D eigenvalue weighted by Gasteiger charge is -1.93. The molecular weight excluding hydrogens is 207 g/mol. The van der Waals surface area contributed by atoms with Gasteiger partial charge < -0.3 is 0 Å². The summed E-state index contributed by atoms with van der Waals surface area (Å²) in [5.74, 6) is 0. The van der Waals surface area contributed by atoms with Gasteiger partial charge in [-0.3, -0.25) is 0 Å². The van der Waals surface area contributed by atoms with Crippen molar-refractivity contribution in [2.24, 2.45) is 0 Å². The molecule has 0 aliphatic carbocycles. The van der Waals surface area contributed by atoms with Gasteiger partial charge in [0.2, 0.25) is 0 Å². The summed E-state index contributed by atoms with van der Waals surface area (Å²) in [6, 6.07) is 7.63. The summed E-state index contributed by atoms with van der Waals surface area (Å²) in [5.41, 5.74) is 2.04. The highest BCUT2D eigenvalue weighted by atomic mass is 79.9. The van der Waals surface area contributed by atoms with Crippen LogP contribution in [0.4, 0.5) is 4.39 Å². The number of benzene rings is 1. The maximum atomic E-state index is 12.3. The first kappa shape index (κ1) is 8.47. The van der Waals surface area contributed by atoms with Gasteiger partial charge in [0.1, 0.15) is 0 Å². The fourth-order valence-corrected chi connectivity index (χ4v) is 1.05. The predicted molar refractivity (Wildman–Crippen MR) is 49.2 cm³/mol. The van der Waals surface area contributed by atoms with E-state index in [1.54, 1.807) is 0 Å². The molecule has 0 saturated heterocycles. The van der Waals surface area contributed by atoms with Crippen LogP contribution in [-0.2, 0) is 0 Å². The summed E-state index contributed by atoms with van der Waals surface area (Å²) in [6.45, 7) is 2.00. The molecule has 58 valence electrons. The third-order valence-corrected chi connectivity index (χ3v) is 1.58. The van der Waals surface area contributed by atoms with Crippen molar-refractivity contribution in [1.29, 1.82) is 0 Å². The zero-order valence-electron chi connectivity index (χ0n) is 6.14. The third kappa shape index (κ3) is 2.85. The molecule has 0 radical (unpaired) electrons. The molecule has 0 saturated carbocycles. The quantitative estimate of drug-likeness (QED) is 0.670. The number of hydrogen-bond acceptors (Lipinski definition) is 0. The second-order valence-corrected chi connectivity index (χ2v) is 3.10. The molecule has 1 aromatic carbocycles. The summed E-state index contributed by atoms with van der Waals surface area (Å²) in [6.07, 6.45) is 1.43. The van der Waals surface area contributed by atoms with Crippen LogP contribution < -0.4 is 0 Å². The van der Waals surface area contributed by atoms with E-state index in [0.717, 1.165) is 5.56 Å². The van der Waals surface area contributed by atoms with Crippen LogP contribution in [-0.4, -0.2) is 0 Å². The molecule has 0 aliphatic rings. The van der Waals surface area contributed by atoms with Crippen molar-refractivity contribution < 1.29 is 4.39 Å². The minimum absolute atomic E-state index is 0.346. The summed E-state index contributed by atoms with van der Waals surface area (Å²) < 4.78 is 11.9. The average Bonchev–Trinajstić information content (AvgIpc) is 1.93. The highest BCUT2D eigenvalue weighted by molar-refractivity contribution is 9.11. The SMILES string of the molecule is Cc1ccc(/C=C(/F)Br)cc1. The Balaban J connectivity index is 2.91. The second-order valence-electron chi connectivity index (χ2n) is 2.34. The molecular formula is C9H8BrF. The normalized spacial score (nSPS) is 11.7. The zero-order chi connectivity index (χ0) is 8.27. The Bertz CT molecular complexity index is 257. The Kier molecular flexibility index (Phi) is 2.83. The average molecular weight is 215 g/mol. The van der Waals surface area contributed by atoms with Gasteiger partial charge in [0, 0.05) is 0 Å². The highest BCUT2D eigenvalue weighted by Crippen LogP contribution is 2.13. The molecule has 0 unspecified atom stereocenters. The molecule has 0 fully saturated rings. The van der Waals surface area contributed by atoms with Crippen LogP contribution in [0.25, 0.3) is 6.08 Å². The third-order valence-electron chi connectivity index (χ3n) is 1.35. The first-order valence-electron chi connectivity index (χ1n) is 3.28. The van der Waals surface area contributed by atoms with Gasteiger partial charge in [-0.05, 0) is 34.5 Å². The van der Waals surface area contributed by atoms with Crippen LogP contribution in [0.1, 0.15) is 11.1 Å². The first-order chi connectivity index (χ1) is 5.18. The lowest BCUT2D eigenvalue weighted by molar-refractivity contribution is 0.712. The Morgan fingerprint density at radius 3 is 2.36 bits per heavy atom. The smallest absolute Gasteiger partial charge is 0.166 e. The molecule has 0 bridgehead atoms. The first-order valence-corrected chi connectivity index (χ1v) is 4.07. The van der Waals surface area contributed by atoms with Crippen LogP contribution in [0.2, 0.25) is 0 Å². The van der Waals surface area contributed by atoms with Crippen molar-refractivity contribution in [3.63, 3.8) is 0 Å². The number of rotatable bonds is 1. The Labute approximate surface area is 73.9 Å². The van der Waals surface area contributed by atoms with Crippen molar-refractivity contribution >= 4 is 22.0 Å². The van der Waals surface area contributed by atoms with Crippen LogP contribution in [0.5, 0.6) is 0 Å². The van der Waals surface area contributed by atoms with Crippen LogP contribution in [0.3, 0.4) is 0 Å². The molecule has 0 heterocycles. The lowest BCUT2D eigenvalue weighted by atomic mass is 10.1.